The van der Waals surface area contributed by atoms with Crippen LogP contribution in [0.15, 0.2) is 97.2 Å². The molecule has 0 atom stereocenters. The van der Waals surface area contributed by atoms with E-state index in [1.165, 1.54) is 0 Å². The zero-order valence-electron chi connectivity index (χ0n) is 12.6. The van der Waals surface area contributed by atoms with E-state index in [0.29, 0.717) is 0 Å². The minimum absolute atomic E-state index is 0.954. The van der Waals surface area contributed by atoms with Gasteiger partial charge in [-0.2, -0.15) is 0 Å². The maximum atomic E-state index is 4.70. The fraction of sp³-hybridized carbons (Fsp3) is 0. The smallest absolute Gasteiger partial charge is 0.144 e. The van der Waals surface area contributed by atoms with E-state index in [9.17, 15) is 0 Å². The molecule has 0 aliphatic rings. The Morgan fingerprint density at radius 2 is 1.09 bits per heavy atom. The second-order valence-electron chi connectivity index (χ2n) is 5.37. The summed E-state index contributed by atoms with van der Waals surface area (Å²) in [6.07, 6.45) is 1.95. The summed E-state index contributed by atoms with van der Waals surface area (Å²) in [5.74, 6) is 0.954. The first-order valence-electron chi connectivity index (χ1n) is 7.67. The standard InChI is InChI=1S/C21H16N2/c1-4-10-17(11-5-1)20-16-22-21(18-12-6-2-7-13-18)23(20)19-14-8-3-9-15-19/h1-16H. The molecule has 0 N–H and O–H groups in total. The predicted molar refractivity (Wildman–Crippen MR) is 94.4 cm³/mol. The first kappa shape index (κ1) is 13.5. The number of para-hydroxylation sites is 1. The van der Waals surface area contributed by atoms with Crippen molar-refractivity contribution in [3.05, 3.63) is 97.2 Å². The molecular formula is C21H16N2. The van der Waals surface area contributed by atoms with Crippen LogP contribution in [0.3, 0.4) is 0 Å². The van der Waals surface area contributed by atoms with E-state index in [-0.39, 0.29) is 0 Å². The lowest BCUT2D eigenvalue weighted by Crippen LogP contribution is -1.99. The highest BCUT2D eigenvalue weighted by atomic mass is 15.1. The number of benzene rings is 3. The molecule has 4 rings (SSSR count). The average molecular weight is 296 g/mol. The molecule has 1 aromatic heterocycles. The summed E-state index contributed by atoms with van der Waals surface area (Å²) in [4.78, 5) is 4.70. The van der Waals surface area contributed by atoms with Crippen LogP contribution in [0.4, 0.5) is 0 Å². The minimum Gasteiger partial charge on any atom is -0.292 e. The van der Waals surface area contributed by atoms with Crippen LogP contribution < -0.4 is 0 Å². The van der Waals surface area contributed by atoms with Crippen LogP contribution in [0.5, 0.6) is 0 Å². The van der Waals surface area contributed by atoms with Crippen molar-refractivity contribution in [3.8, 4) is 28.3 Å². The Morgan fingerprint density at radius 1 is 0.565 bits per heavy atom. The van der Waals surface area contributed by atoms with Gasteiger partial charge < -0.3 is 0 Å². The van der Waals surface area contributed by atoms with E-state index in [1.54, 1.807) is 0 Å². The minimum atomic E-state index is 0.954. The summed E-state index contributed by atoms with van der Waals surface area (Å²) >= 11 is 0. The van der Waals surface area contributed by atoms with Crippen LogP contribution in [0.1, 0.15) is 0 Å². The lowest BCUT2D eigenvalue weighted by atomic mass is 10.1. The average Bonchev–Trinajstić information content (AvgIpc) is 3.09. The number of rotatable bonds is 3. The quantitative estimate of drug-likeness (QED) is 0.507. The molecule has 2 nitrogen and oxygen atoms in total. The Hall–Kier alpha value is -3.13. The maximum Gasteiger partial charge on any atom is 0.144 e. The van der Waals surface area contributed by atoms with Gasteiger partial charge in [-0.05, 0) is 12.1 Å². The number of hydrogen-bond acceptors (Lipinski definition) is 1. The molecule has 4 aromatic rings. The monoisotopic (exact) mass is 296 g/mol. The Morgan fingerprint density at radius 3 is 1.70 bits per heavy atom. The number of nitrogens with zero attached hydrogens (tertiary/aromatic N) is 2. The first-order valence-corrected chi connectivity index (χ1v) is 7.67. The number of imidazole rings is 1. The van der Waals surface area contributed by atoms with Gasteiger partial charge >= 0.3 is 0 Å². The molecule has 0 fully saturated rings. The van der Waals surface area contributed by atoms with Gasteiger partial charge in [0.1, 0.15) is 5.82 Å². The van der Waals surface area contributed by atoms with Gasteiger partial charge in [0.2, 0.25) is 0 Å². The third-order valence-electron chi connectivity index (χ3n) is 3.88. The van der Waals surface area contributed by atoms with Crippen molar-refractivity contribution in [2.24, 2.45) is 0 Å². The van der Waals surface area contributed by atoms with Crippen LogP contribution in [0, 0.1) is 0 Å². The van der Waals surface area contributed by atoms with Crippen molar-refractivity contribution in [3.63, 3.8) is 0 Å². The van der Waals surface area contributed by atoms with E-state index in [4.69, 9.17) is 4.98 Å². The fourth-order valence-corrected chi connectivity index (χ4v) is 2.79. The Bertz CT molecular complexity index is 838. The normalized spacial score (nSPS) is 10.6. The van der Waals surface area contributed by atoms with Gasteiger partial charge in [-0.25, -0.2) is 4.98 Å². The molecule has 0 saturated carbocycles. The van der Waals surface area contributed by atoms with Gasteiger partial charge in [-0.15, -0.1) is 0 Å². The molecule has 0 aliphatic carbocycles. The topological polar surface area (TPSA) is 17.8 Å². The summed E-state index contributed by atoms with van der Waals surface area (Å²) in [7, 11) is 0. The van der Waals surface area contributed by atoms with Crippen LogP contribution in [0.25, 0.3) is 28.3 Å². The molecule has 1 heterocycles. The third-order valence-corrected chi connectivity index (χ3v) is 3.88. The summed E-state index contributed by atoms with van der Waals surface area (Å²) in [5, 5.41) is 0. The highest BCUT2D eigenvalue weighted by Gasteiger charge is 2.14. The fourth-order valence-electron chi connectivity index (χ4n) is 2.79. The molecular weight excluding hydrogens is 280 g/mol. The van der Waals surface area contributed by atoms with E-state index in [0.717, 1.165) is 28.3 Å². The molecule has 3 aromatic carbocycles. The van der Waals surface area contributed by atoms with Crippen molar-refractivity contribution < 1.29 is 0 Å². The number of hydrogen-bond donors (Lipinski definition) is 0. The molecule has 0 unspecified atom stereocenters. The van der Waals surface area contributed by atoms with Gasteiger partial charge in [-0.3, -0.25) is 4.57 Å². The summed E-state index contributed by atoms with van der Waals surface area (Å²) in [5.41, 5.74) is 4.47. The van der Waals surface area contributed by atoms with Crippen LogP contribution in [-0.2, 0) is 0 Å². The Balaban J connectivity index is 1.97. The van der Waals surface area contributed by atoms with E-state index >= 15 is 0 Å². The molecule has 110 valence electrons. The lowest BCUT2D eigenvalue weighted by molar-refractivity contribution is 1.07. The molecule has 0 aliphatic heterocycles. The molecule has 0 amide bonds. The maximum absolute atomic E-state index is 4.70. The van der Waals surface area contributed by atoms with Gasteiger partial charge in [0, 0.05) is 16.8 Å². The Kier molecular flexibility index (Phi) is 3.49. The summed E-state index contributed by atoms with van der Waals surface area (Å²) < 4.78 is 2.21. The molecule has 0 saturated heterocycles. The van der Waals surface area contributed by atoms with Crippen molar-refractivity contribution in [1.29, 1.82) is 0 Å². The lowest BCUT2D eigenvalue weighted by Gasteiger charge is -2.12. The zero-order chi connectivity index (χ0) is 15.5. The van der Waals surface area contributed by atoms with Crippen LogP contribution in [0.2, 0.25) is 0 Å². The number of aromatic nitrogens is 2. The van der Waals surface area contributed by atoms with Gasteiger partial charge in [0.05, 0.1) is 11.9 Å². The van der Waals surface area contributed by atoms with E-state index in [2.05, 4.69) is 65.2 Å². The predicted octanol–water partition coefficient (Wildman–Crippen LogP) is 5.21. The largest absolute Gasteiger partial charge is 0.292 e. The van der Waals surface area contributed by atoms with Gasteiger partial charge in [-0.1, -0.05) is 78.9 Å². The van der Waals surface area contributed by atoms with Gasteiger partial charge in [0.15, 0.2) is 0 Å². The second-order valence-corrected chi connectivity index (χ2v) is 5.37. The zero-order valence-corrected chi connectivity index (χ0v) is 12.6. The molecule has 0 radical (unpaired) electrons. The SMILES string of the molecule is c1ccc(-c2cnc(-c3ccccc3)n2-c2ccccc2)cc1. The molecule has 0 bridgehead atoms. The van der Waals surface area contributed by atoms with E-state index < -0.39 is 0 Å². The summed E-state index contributed by atoms with van der Waals surface area (Å²) in [6, 6.07) is 31.0. The van der Waals surface area contributed by atoms with Crippen molar-refractivity contribution in [1.82, 2.24) is 9.55 Å². The highest BCUT2D eigenvalue weighted by Crippen LogP contribution is 2.29. The van der Waals surface area contributed by atoms with Gasteiger partial charge in [0.25, 0.3) is 0 Å². The van der Waals surface area contributed by atoms with Crippen molar-refractivity contribution >= 4 is 0 Å². The van der Waals surface area contributed by atoms with Crippen molar-refractivity contribution in [2.45, 2.75) is 0 Å². The molecule has 23 heavy (non-hydrogen) atoms. The van der Waals surface area contributed by atoms with Crippen molar-refractivity contribution in [2.75, 3.05) is 0 Å². The third kappa shape index (κ3) is 2.55. The highest BCUT2D eigenvalue weighted by molar-refractivity contribution is 5.69. The first-order chi connectivity index (χ1) is 11.4. The summed E-state index contributed by atoms with van der Waals surface area (Å²) in [6.45, 7) is 0. The van der Waals surface area contributed by atoms with E-state index in [1.807, 2.05) is 36.5 Å². The Labute approximate surface area is 135 Å². The molecule has 2 heteroatoms. The van der Waals surface area contributed by atoms with Crippen LogP contribution in [-0.4, -0.2) is 9.55 Å². The molecule has 0 spiro atoms. The second kappa shape index (κ2) is 5.93. The van der Waals surface area contributed by atoms with Crippen LogP contribution >= 0.6 is 0 Å².